The molecule has 4 nitrogen and oxygen atoms in total. The Morgan fingerprint density at radius 1 is 1.12 bits per heavy atom. The van der Waals surface area contributed by atoms with Crippen molar-refractivity contribution in [3.8, 4) is 11.5 Å². The second kappa shape index (κ2) is 7.92. The summed E-state index contributed by atoms with van der Waals surface area (Å²) in [5.41, 5.74) is 0.746. The Labute approximate surface area is 102 Å². The molecule has 0 aromatic heterocycles. The molecule has 0 aliphatic rings. The molecule has 0 fully saturated rings. The molecule has 0 saturated carbocycles. The molecule has 0 amide bonds. The number of hydrogen-bond acceptors (Lipinski definition) is 4. The van der Waals surface area contributed by atoms with Crippen LogP contribution >= 0.6 is 0 Å². The van der Waals surface area contributed by atoms with E-state index in [1.54, 1.807) is 14.2 Å². The van der Waals surface area contributed by atoms with Crippen molar-refractivity contribution in [2.45, 2.75) is 19.4 Å². The summed E-state index contributed by atoms with van der Waals surface area (Å²) in [4.78, 5) is 0. The highest BCUT2D eigenvalue weighted by molar-refractivity contribution is 5.46. The highest BCUT2D eigenvalue weighted by Gasteiger charge is 2.09. The van der Waals surface area contributed by atoms with Gasteiger partial charge in [0.1, 0.15) is 0 Å². The van der Waals surface area contributed by atoms with Crippen molar-refractivity contribution < 1.29 is 19.3 Å². The average Bonchev–Trinajstić information content (AvgIpc) is 2.38. The maximum atomic E-state index is 9.22. The van der Waals surface area contributed by atoms with E-state index >= 15 is 0 Å². The van der Waals surface area contributed by atoms with Gasteiger partial charge in [-0.3, -0.25) is 0 Å². The van der Waals surface area contributed by atoms with Crippen molar-refractivity contribution in [2.24, 2.45) is 0 Å². The lowest BCUT2D eigenvalue weighted by molar-refractivity contribution is 0.182. The van der Waals surface area contributed by atoms with Crippen LogP contribution < -0.4 is 9.47 Å². The largest absolute Gasteiger partial charge is 0.493 e. The van der Waals surface area contributed by atoms with E-state index in [-0.39, 0.29) is 6.61 Å². The van der Waals surface area contributed by atoms with Crippen molar-refractivity contribution in [1.29, 1.82) is 0 Å². The van der Waals surface area contributed by atoms with Crippen molar-refractivity contribution in [3.63, 3.8) is 0 Å². The molecule has 0 radical (unpaired) electrons. The van der Waals surface area contributed by atoms with Crippen LogP contribution in [0.3, 0.4) is 0 Å². The summed E-state index contributed by atoms with van der Waals surface area (Å²) < 4.78 is 15.8. The summed E-state index contributed by atoms with van der Waals surface area (Å²) in [6.07, 6.45) is 1.87. The Balaban J connectivity index is 2.55. The van der Waals surface area contributed by atoms with Crippen molar-refractivity contribution in [1.82, 2.24) is 0 Å². The first kappa shape index (κ1) is 13.8. The van der Waals surface area contributed by atoms with Gasteiger partial charge in [-0.05, 0) is 18.9 Å². The van der Waals surface area contributed by atoms with Gasteiger partial charge in [-0.1, -0.05) is 12.1 Å². The van der Waals surface area contributed by atoms with Gasteiger partial charge in [0.25, 0.3) is 0 Å². The molecule has 4 heteroatoms. The van der Waals surface area contributed by atoms with Crippen LogP contribution in [0.4, 0.5) is 0 Å². The lowest BCUT2D eigenvalue weighted by Gasteiger charge is -2.13. The first-order valence-corrected chi connectivity index (χ1v) is 5.72. The van der Waals surface area contributed by atoms with E-state index in [1.165, 1.54) is 0 Å². The number of unbranched alkanes of at least 4 members (excludes halogenated alkanes) is 1. The van der Waals surface area contributed by atoms with E-state index < -0.39 is 0 Å². The van der Waals surface area contributed by atoms with Crippen LogP contribution in [0.25, 0.3) is 0 Å². The average molecular weight is 240 g/mol. The summed E-state index contributed by atoms with van der Waals surface area (Å²) in [6, 6.07) is 5.48. The second-order valence-corrected chi connectivity index (χ2v) is 3.66. The molecule has 1 rings (SSSR count). The first-order valence-electron chi connectivity index (χ1n) is 5.72. The summed E-state index contributed by atoms with van der Waals surface area (Å²) in [5.74, 6) is 1.29. The van der Waals surface area contributed by atoms with Gasteiger partial charge in [-0.25, -0.2) is 0 Å². The van der Waals surface area contributed by atoms with Crippen LogP contribution in [0.5, 0.6) is 11.5 Å². The Hall–Kier alpha value is -1.26. The van der Waals surface area contributed by atoms with Gasteiger partial charge in [-0.2, -0.15) is 0 Å². The van der Waals surface area contributed by atoms with E-state index in [4.69, 9.17) is 14.2 Å². The topological polar surface area (TPSA) is 47.9 Å². The smallest absolute Gasteiger partial charge is 0.166 e. The molecule has 1 N–H and O–H groups in total. The minimum atomic E-state index is -0.0510. The Bertz CT molecular complexity index is 303. The van der Waals surface area contributed by atoms with Crippen molar-refractivity contribution in [3.05, 3.63) is 23.8 Å². The zero-order chi connectivity index (χ0) is 12.5. The minimum absolute atomic E-state index is 0.0510. The maximum absolute atomic E-state index is 9.22. The van der Waals surface area contributed by atoms with E-state index in [1.807, 2.05) is 18.2 Å². The van der Waals surface area contributed by atoms with Gasteiger partial charge in [0.05, 0.1) is 20.3 Å². The number of aliphatic hydroxyl groups is 1. The van der Waals surface area contributed by atoms with Crippen molar-refractivity contribution in [2.75, 3.05) is 27.4 Å². The molecule has 1 aromatic carbocycles. The van der Waals surface area contributed by atoms with E-state index in [9.17, 15) is 5.11 Å². The predicted molar refractivity (Wildman–Crippen MR) is 65.5 cm³/mol. The third-order valence-corrected chi connectivity index (χ3v) is 2.44. The van der Waals surface area contributed by atoms with Gasteiger partial charge in [0.2, 0.25) is 0 Å². The highest BCUT2D eigenvalue weighted by atomic mass is 16.5. The van der Waals surface area contributed by atoms with Crippen LogP contribution in [-0.2, 0) is 11.3 Å². The molecule has 0 bridgehead atoms. The van der Waals surface area contributed by atoms with E-state index in [0.717, 1.165) is 25.0 Å². The fourth-order valence-electron chi connectivity index (χ4n) is 1.53. The number of rotatable bonds is 8. The molecule has 0 heterocycles. The number of methoxy groups -OCH3 is 2. The summed E-state index contributed by atoms with van der Waals surface area (Å²) in [6.45, 7) is 1.28. The maximum Gasteiger partial charge on any atom is 0.166 e. The zero-order valence-corrected chi connectivity index (χ0v) is 10.4. The number of hydrogen-bond donors (Lipinski definition) is 1. The highest BCUT2D eigenvalue weighted by Crippen LogP contribution is 2.31. The first-order chi connectivity index (χ1) is 8.33. The zero-order valence-electron chi connectivity index (χ0n) is 10.4. The Kier molecular flexibility index (Phi) is 6.43. The van der Waals surface area contributed by atoms with Gasteiger partial charge in [0.15, 0.2) is 11.5 Å². The monoisotopic (exact) mass is 240 g/mol. The third-order valence-electron chi connectivity index (χ3n) is 2.44. The van der Waals surface area contributed by atoms with E-state index in [0.29, 0.717) is 18.1 Å². The fourth-order valence-corrected chi connectivity index (χ4v) is 1.53. The molecule has 0 spiro atoms. The predicted octanol–water partition coefficient (Wildman–Crippen LogP) is 1.99. The van der Waals surface area contributed by atoms with Gasteiger partial charge < -0.3 is 19.3 Å². The Morgan fingerprint density at radius 3 is 2.53 bits per heavy atom. The second-order valence-electron chi connectivity index (χ2n) is 3.66. The van der Waals surface area contributed by atoms with Gasteiger partial charge in [-0.15, -0.1) is 0 Å². The molecule has 0 atom stereocenters. The van der Waals surface area contributed by atoms with E-state index in [2.05, 4.69) is 0 Å². The van der Waals surface area contributed by atoms with Crippen LogP contribution in [0, 0.1) is 0 Å². The molecule has 0 aliphatic heterocycles. The number of benzene rings is 1. The summed E-state index contributed by atoms with van der Waals surface area (Å²) in [5, 5.41) is 9.22. The van der Waals surface area contributed by atoms with Crippen LogP contribution in [0.15, 0.2) is 18.2 Å². The van der Waals surface area contributed by atoms with Crippen LogP contribution in [-0.4, -0.2) is 32.5 Å². The fraction of sp³-hybridized carbons (Fsp3) is 0.538. The number of aliphatic hydroxyl groups excluding tert-OH is 1. The quantitative estimate of drug-likeness (QED) is 0.706. The molecular weight excluding hydrogens is 220 g/mol. The standard InChI is InChI=1S/C13H20O4/c1-15-8-3-4-9-17-13-11(10-14)6-5-7-12(13)16-2/h5-7,14H,3-4,8-10H2,1-2H3. The summed E-state index contributed by atoms with van der Waals surface area (Å²) >= 11 is 0. The normalized spacial score (nSPS) is 10.3. The van der Waals surface area contributed by atoms with Crippen LogP contribution in [0.2, 0.25) is 0 Å². The van der Waals surface area contributed by atoms with Gasteiger partial charge >= 0.3 is 0 Å². The van der Waals surface area contributed by atoms with Crippen molar-refractivity contribution >= 4 is 0 Å². The molecule has 0 aliphatic carbocycles. The van der Waals surface area contributed by atoms with Gasteiger partial charge in [0, 0.05) is 19.3 Å². The lowest BCUT2D eigenvalue weighted by Crippen LogP contribution is -2.03. The minimum Gasteiger partial charge on any atom is -0.493 e. The van der Waals surface area contributed by atoms with Crippen LogP contribution in [0.1, 0.15) is 18.4 Å². The molecule has 0 saturated heterocycles. The third kappa shape index (κ3) is 4.24. The lowest BCUT2D eigenvalue weighted by atomic mass is 10.2. The molecular formula is C13H20O4. The number of para-hydroxylation sites is 1. The summed E-state index contributed by atoms with van der Waals surface area (Å²) in [7, 11) is 3.28. The molecule has 0 unspecified atom stereocenters. The molecule has 17 heavy (non-hydrogen) atoms. The SMILES string of the molecule is COCCCCOc1c(CO)cccc1OC. The molecule has 96 valence electrons. The molecule has 1 aromatic rings. The Morgan fingerprint density at radius 2 is 1.88 bits per heavy atom. The number of ether oxygens (including phenoxy) is 3.